The molecule has 0 bridgehead atoms. The number of anilines is 3. The second kappa shape index (κ2) is 12.1. The lowest BCUT2D eigenvalue weighted by Gasteiger charge is -2.22. The lowest BCUT2D eigenvalue weighted by atomic mass is 10.2. The Bertz CT molecular complexity index is 1480. The Labute approximate surface area is 221 Å². The molecule has 0 saturated heterocycles. The SMILES string of the molecule is COc1ccc(OC)c(NS(=O)(=O)c2ccc(NC(=O)CCCN(c3ccc(F)cc3)S(C)(=O)=O)cc2)c1. The minimum atomic E-state index is -3.97. The molecule has 0 fully saturated rings. The first-order valence-electron chi connectivity index (χ1n) is 11.3. The Hall–Kier alpha value is -3.84. The summed E-state index contributed by atoms with van der Waals surface area (Å²) >= 11 is 0. The molecule has 0 radical (unpaired) electrons. The largest absolute Gasteiger partial charge is 0.497 e. The zero-order valence-corrected chi connectivity index (χ0v) is 22.6. The van der Waals surface area contributed by atoms with Gasteiger partial charge in [0.2, 0.25) is 15.9 Å². The third-order valence-electron chi connectivity index (χ3n) is 5.38. The molecule has 3 rings (SSSR count). The van der Waals surface area contributed by atoms with E-state index in [0.29, 0.717) is 22.9 Å². The van der Waals surface area contributed by atoms with Crippen LogP contribution in [0.1, 0.15) is 12.8 Å². The number of amides is 1. The van der Waals surface area contributed by atoms with Crippen LogP contribution in [0.25, 0.3) is 0 Å². The molecule has 0 aliphatic heterocycles. The Kier molecular flexibility index (Phi) is 9.17. The van der Waals surface area contributed by atoms with Crippen molar-refractivity contribution in [2.75, 3.05) is 41.4 Å². The highest BCUT2D eigenvalue weighted by Gasteiger charge is 2.19. The van der Waals surface area contributed by atoms with Gasteiger partial charge in [-0.05, 0) is 67.1 Å². The van der Waals surface area contributed by atoms with Crippen LogP contribution in [0.3, 0.4) is 0 Å². The molecule has 0 saturated carbocycles. The van der Waals surface area contributed by atoms with Crippen molar-refractivity contribution >= 4 is 43.0 Å². The van der Waals surface area contributed by atoms with Crippen molar-refractivity contribution < 1.29 is 35.5 Å². The van der Waals surface area contributed by atoms with E-state index in [2.05, 4.69) is 10.0 Å². The van der Waals surface area contributed by atoms with Gasteiger partial charge in [0.25, 0.3) is 10.0 Å². The first kappa shape index (κ1) is 28.7. The molecule has 13 heteroatoms. The molecule has 3 aromatic carbocycles. The number of hydrogen-bond acceptors (Lipinski definition) is 7. The number of carbonyl (C=O) groups is 1. The molecule has 3 aromatic rings. The summed E-state index contributed by atoms with van der Waals surface area (Å²) in [6.45, 7) is 0.0223. The van der Waals surface area contributed by atoms with Gasteiger partial charge < -0.3 is 14.8 Å². The van der Waals surface area contributed by atoms with E-state index in [1.807, 2.05) is 0 Å². The third kappa shape index (κ3) is 7.59. The Morgan fingerprint density at radius 1 is 0.921 bits per heavy atom. The number of ether oxygens (including phenoxy) is 2. The molecule has 0 aliphatic rings. The zero-order valence-electron chi connectivity index (χ0n) is 21.0. The summed E-state index contributed by atoms with van der Waals surface area (Å²) in [7, 11) is -4.73. The van der Waals surface area contributed by atoms with E-state index in [4.69, 9.17) is 9.47 Å². The molecule has 2 N–H and O–H groups in total. The van der Waals surface area contributed by atoms with Crippen LogP contribution < -0.4 is 23.8 Å². The van der Waals surface area contributed by atoms with Crippen LogP contribution in [0.15, 0.2) is 71.6 Å². The van der Waals surface area contributed by atoms with E-state index in [0.717, 1.165) is 22.7 Å². The van der Waals surface area contributed by atoms with Gasteiger partial charge in [0.05, 0.1) is 36.7 Å². The molecule has 38 heavy (non-hydrogen) atoms. The number of nitrogens with zero attached hydrogens (tertiary/aromatic N) is 1. The molecule has 0 aromatic heterocycles. The lowest BCUT2D eigenvalue weighted by Crippen LogP contribution is -2.31. The number of hydrogen-bond donors (Lipinski definition) is 2. The van der Waals surface area contributed by atoms with Gasteiger partial charge in [0.1, 0.15) is 17.3 Å². The zero-order chi connectivity index (χ0) is 27.9. The van der Waals surface area contributed by atoms with Gasteiger partial charge in [-0.15, -0.1) is 0 Å². The van der Waals surface area contributed by atoms with Crippen molar-refractivity contribution in [1.82, 2.24) is 0 Å². The van der Waals surface area contributed by atoms with Gasteiger partial charge in [-0.25, -0.2) is 21.2 Å². The van der Waals surface area contributed by atoms with E-state index in [9.17, 15) is 26.0 Å². The van der Waals surface area contributed by atoms with Crippen LogP contribution in [0, 0.1) is 5.82 Å². The predicted molar refractivity (Wildman–Crippen MR) is 143 cm³/mol. The fourth-order valence-corrected chi connectivity index (χ4v) is 5.54. The van der Waals surface area contributed by atoms with Crippen LogP contribution in [0.2, 0.25) is 0 Å². The summed E-state index contributed by atoms with van der Waals surface area (Å²) in [5.74, 6) is -0.116. The molecule has 0 spiro atoms. The number of carbonyl (C=O) groups excluding carboxylic acids is 1. The van der Waals surface area contributed by atoms with Crippen LogP contribution >= 0.6 is 0 Å². The summed E-state index contributed by atoms with van der Waals surface area (Å²) in [6, 6.07) is 15.3. The first-order chi connectivity index (χ1) is 17.9. The average molecular weight is 566 g/mol. The molecular weight excluding hydrogens is 537 g/mol. The highest BCUT2D eigenvalue weighted by atomic mass is 32.2. The van der Waals surface area contributed by atoms with Crippen molar-refractivity contribution in [2.24, 2.45) is 0 Å². The van der Waals surface area contributed by atoms with Crippen molar-refractivity contribution in [1.29, 1.82) is 0 Å². The van der Waals surface area contributed by atoms with Gasteiger partial charge in [0, 0.05) is 24.7 Å². The highest BCUT2D eigenvalue weighted by Crippen LogP contribution is 2.31. The summed E-state index contributed by atoms with van der Waals surface area (Å²) in [5, 5.41) is 2.66. The molecule has 1 amide bonds. The Morgan fingerprint density at radius 2 is 1.58 bits per heavy atom. The fraction of sp³-hybridized carbons (Fsp3) is 0.240. The average Bonchev–Trinajstić information content (AvgIpc) is 2.86. The number of halogens is 1. The van der Waals surface area contributed by atoms with Crippen molar-refractivity contribution in [2.45, 2.75) is 17.7 Å². The standard InChI is InChI=1S/C25H28FN3O7S2/c1-35-21-12-15-24(36-2)23(17-21)28-38(33,34)22-13-8-19(9-14-22)27-25(30)5-4-16-29(37(3,31)32)20-10-6-18(26)7-11-20/h6-15,17,28H,4-5,16H2,1-3H3,(H,27,30). The number of nitrogens with one attached hydrogen (secondary N) is 2. The number of rotatable bonds is 12. The molecular formula is C25H28FN3O7S2. The summed E-state index contributed by atoms with van der Waals surface area (Å²) in [5.41, 5.74) is 0.866. The quantitative estimate of drug-likeness (QED) is 0.341. The fourth-order valence-electron chi connectivity index (χ4n) is 3.52. The monoisotopic (exact) mass is 565 g/mol. The number of methoxy groups -OCH3 is 2. The maximum absolute atomic E-state index is 13.2. The maximum Gasteiger partial charge on any atom is 0.262 e. The van der Waals surface area contributed by atoms with Gasteiger partial charge in [-0.2, -0.15) is 0 Å². The van der Waals surface area contributed by atoms with E-state index < -0.39 is 25.9 Å². The Morgan fingerprint density at radius 3 is 2.16 bits per heavy atom. The van der Waals surface area contributed by atoms with Crippen LogP contribution in [-0.2, 0) is 24.8 Å². The minimum absolute atomic E-state index is 0.00442. The second-order valence-electron chi connectivity index (χ2n) is 8.16. The number of sulfonamides is 2. The molecule has 0 heterocycles. The molecule has 0 aliphatic carbocycles. The smallest absolute Gasteiger partial charge is 0.262 e. The topological polar surface area (TPSA) is 131 Å². The van der Waals surface area contributed by atoms with Crippen LogP contribution in [0.5, 0.6) is 11.5 Å². The molecule has 0 atom stereocenters. The molecule has 10 nitrogen and oxygen atoms in total. The number of benzene rings is 3. The van der Waals surface area contributed by atoms with Crippen molar-refractivity contribution in [3.8, 4) is 11.5 Å². The van der Waals surface area contributed by atoms with Crippen LogP contribution in [-0.4, -0.2) is 49.8 Å². The van der Waals surface area contributed by atoms with Gasteiger partial charge in [-0.3, -0.25) is 13.8 Å². The molecule has 204 valence electrons. The lowest BCUT2D eigenvalue weighted by molar-refractivity contribution is -0.116. The van der Waals surface area contributed by atoms with Gasteiger partial charge >= 0.3 is 0 Å². The van der Waals surface area contributed by atoms with Crippen molar-refractivity contribution in [3.63, 3.8) is 0 Å². The first-order valence-corrected chi connectivity index (χ1v) is 14.6. The van der Waals surface area contributed by atoms with E-state index in [-0.39, 0.29) is 35.9 Å². The Balaban J connectivity index is 1.60. The summed E-state index contributed by atoms with van der Waals surface area (Å²) in [4.78, 5) is 12.4. The minimum Gasteiger partial charge on any atom is -0.497 e. The third-order valence-corrected chi connectivity index (χ3v) is 7.95. The second-order valence-corrected chi connectivity index (χ2v) is 11.7. The van der Waals surface area contributed by atoms with Gasteiger partial charge in [0.15, 0.2) is 0 Å². The summed E-state index contributed by atoms with van der Waals surface area (Å²) in [6.07, 6.45) is 1.24. The van der Waals surface area contributed by atoms with E-state index >= 15 is 0 Å². The maximum atomic E-state index is 13.2. The normalized spacial score (nSPS) is 11.5. The van der Waals surface area contributed by atoms with Gasteiger partial charge in [-0.1, -0.05) is 0 Å². The predicted octanol–water partition coefficient (Wildman–Crippen LogP) is 3.83. The van der Waals surface area contributed by atoms with E-state index in [1.165, 1.54) is 56.7 Å². The highest BCUT2D eigenvalue weighted by molar-refractivity contribution is 7.92. The summed E-state index contributed by atoms with van der Waals surface area (Å²) < 4.78 is 77.1. The van der Waals surface area contributed by atoms with Crippen molar-refractivity contribution in [3.05, 3.63) is 72.5 Å². The van der Waals surface area contributed by atoms with E-state index in [1.54, 1.807) is 12.1 Å². The van der Waals surface area contributed by atoms with Crippen LogP contribution in [0.4, 0.5) is 21.5 Å². The molecule has 0 unspecified atom stereocenters.